The summed E-state index contributed by atoms with van der Waals surface area (Å²) in [6.07, 6.45) is 3.52. The lowest BCUT2D eigenvalue weighted by molar-refractivity contribution is -0.133. The second kappa shape index (κ2) is 6.84. The monoisotopic (exact) mass is 304 g/mol. The second-order valence-electron chi connectivity index (χ2n) is 5.80. The normalized spacial score (nSPS) is 27.8. The van der Waals surface area contributed by atoms with Crippen LogP contribution in [0.2, 0.25) is 0 Å². The van der Waals surface area contributed by atoms with E-state index in [2.05, 4.69) is 10.0 Å². The number of carbonyl (C=O) groups is 1. The number of piperidine rings is 1. The maximum atomic E-state index is 12.2. The number of nitrogens with one attached hydrogen (secondary N) is 2. The number of hydrogen-bond donors (Lipinski definition) is 3. The average Bonchev–Trinajstić information content (AvgIpc) is 2.89. The number of rotatable bonds is 5. The van der Waals surface area contributed by atoms with Gasteiger partial charge in [-0.05, 0) is 44.2 Å². The Hall–Kier alpha value is -0.700. The van der Waals surface area contributed by atoms with E-state index in [4.69, 9.17) is 5.14 Å². The van der Waals surface area contributed by atoms with Crippen molar-refractivity contribution in [3.63, 3.8) is 0 Å². The molecule has 0 aliphatic carbocycles. The molecule has 0 aromatic heterocycles. The van der Waals surface area contributed by atoms with Crippen LogP contribution in [0.4, 0.5) is 0 Å². The maximum absolute atomic E-state index is 12.2. The molecule has 2 fully saturated rings. The molecule has 4 N–H and O–H groups in total. The molecule has 2 unspecified atom stereocenters. The zero-order valence-electron chi connectivity index (χ0n) is 11.7. The Labute approximate surface area is 120 Å². The van der Waals surface area contributed by atoms with Gasteiger partial charge in [0.1, 0.15) is 0 Å². The molecule has 2 heterocycles. The quantitative estimate of drug-likeness (QED) is 0.607. The number of amides is 1. The van der Waals surface area contributed by atoms with Crippen molar-refractivity contribution in [2.24, 2.45) is 17.0 Å². The van der Waals surface area contributed by atoms with Gasteiger partial charge in [-0.25, -0.2) is 9.86 Å². The van der Waals surface area contributed by atoms with Crippen LogP contribution in [0.1, 0.15) is 25.7 Å². The predicted octanol–water partition coefficient (Wildman–Crippen LogP) is -0.982. The van der Waals surface area contributed by atoms with Gasteiger partial charge >= 0.3 is 0 Å². The van der Waals surface area contributed by atoms with Gasteiger partial charge in [0.05, 0.1) is 0 Å². The first-order valence-electron chi connectivity index (χ1n) is 7.20. The zero-order valence-corrected chi connectivity index (χ0v) is 12.5. The third-order valence-electron chi connectivity index (χ3n) is 4.07. The van der Waals surface area contributed by atoms with Gasteiger partial charge < -0.3 is 10.2 Å². The van der Waals surface area contributed by atoms with Crippen LogP contribution in [0.5, 0.6) is 0 Å². The SMILES string of the molecule is NS(=O)(=O)NCC1CCCN(C(=O)CC2CCNC2)C1. The van der Waals surface area contributed by atoms with E-state index < -0.39 is 10.2 Å². The molecule has 1 amide bonds. The fourth-order valence-electron chi connectivity index (χ4n) is 2.96. The van der Waals surface area contributed by atoms with E-state index in [0.717, 1.165) is 38.9 Å². The summed E-state index contributed by atoms with van der Waals surface area (Å²) in [7, 11) is -3.64. The summed E-state index contributed by atoms with van der Waals surface area (Å²) in [4.78, 5) is 14.1. The third-order valence-corrected chi connectivity index (χ3v) is 4.64. The number of hydrogen-bond acceptors (Lipinski definition) is 4. The molecule has 0 bridgehead atoms. The van der Waals surface area contributed by atoms with Gasteiger partial charge in [-0.2, -0.15) is 8.42 Å². The van der Waals surface area contributed by atoms with Gasteiger partial charge in [0, 0.05) is 26.1 Å². The van der Waals surface area contributed by atoms with Crippen LogP contribution in [0, 0.1) is 11.8 Å². The van der Waals surface area contributed by atoms with Gasteiger partial charge in [0.15, 0.2) is 0 Å². The summed E-state index contributed by atoms with van der Waals surface area (Å²) >= 11 is 0. The third kappa shape index (κ3) is 5.01. The summed E-state index contributed by atoms with van der Waals surface area (Å²) < 4.78 is 24.1. The summed E-state index contributed by atoms with van der Waals surface area (Å²) in [6.45, 7) is 3.65. The molecule has 7 nitrogen and oxygen atoms in total. The molecule has 0 aromatic carbocycles. The smallest absolute Gasteiger partial charge is 0.274 e. The van der Waals surface area contributed by atoms with Crippen LogP contribution in [0.3, 0.4) is 0 Å². The topological polar surface area (TPSA) is 105 Å². The average molecular weight is 304 g/mol. The minimum Gasteiger partial charge on any atom is -0.342 e. The molecule has 0 aromatic rings. The van der Waals surface area contributed by atoms with E-state index in [9.17, 15) is 13.2 Å². The van der Waals surface area contributed by atoms with Crippen molar-refractivity contribution >= 4 is 16.1 Å². The first-order chi connectivity index (χ1) is 9.44. The highest BCUT2D eigenvalue weighted by Gasteiger charge is 2.26. The Balaban J connectivity index is 1.78. The van der Waals surface area contributed by atoms with E-state index in [-0.39, 0.29) is 11.8 Å². The molecular formula is C12H24N4O3S. The van der Waals surface area contributed by atoms with Gasteiger partial charge in [0.25, 0.3) is 10.2 Å². The molecule has 20 heavy (non-hydrogen) atoms. The first-order valence-corrected chi connectivity index (χ1v) is 8.74. The fourth-order valence-corrected chi connectivity index (χ4v) is 3.42. The molecule has 8 heteroatoms. The van der Waals surface area contributed by atoms with Gasteiger partial charge in [-0.15, -0.1) is 0 Å². The first kappa shape index (κ1) is 15.7. The van der Waals surface area contributed by atoms with Crippen molar-refractivity contribution in [1.29, 1.82) is 0 Å². The lowest BCUT2D eigenvalue weighted by Crippen LogP contribution is -2.45. The van der Waals surface area contributed by atoms with Gasteiger partial charge in [0.2, 0.25) is 5.91 Å². The van der Waals surface area contributed by atoms with E-state index in [1.54, 1.807) is 0 Å². The summed E-state index contributed by atoms with van der Waals surface area (Å²) in [5.74, 6) is 0.803. The molecule has 0 radical (unpaired) electrons. The molecule has 2 saturated heterocycles. The Kier molecular flexibility index (Phi) is 5.36. The van der Waals surface area contributed by atoms with Crippen LogP contribution < -0.4 is 15.2 Å². The molecule has 2 aliphatic rings. The van der Waals surface area contributed by atoms with E-state index >= 15 is 0 Å². The minimum absolute atomic E-state index is 0.160. The highest BCUT2D eigenvalue weighted by atomic mass is 32.2. The number of nitrogens with two attached hydrogens (primary N) is 1. The molecular weight excluding hydrogens is 280 g/mol. The highest BCUT2D eigenvalue weighted by molar-refractivity contribution is 7.87. The van der Waals surface area contributed by atoms with Crippen LogP contribution in [-0.4, -0.2) is 51.9 Å². The van der Waals surface area contributed by atoms with Crippen LogP contribution in [-0.2, 0) is 15.0 Å². The largest absolute Gasteiger partial charge is 0.342 e. The van der Waals surface area contributed by atoms with Crippen molar-refractivity contribution in [2.45, 2.75) is 25.7 Å². The van der Waals surface area contributed by atoms with Crippen LogP contribution in [0.15, 0.2) is 0 Å². The van der Waals surface area contributed by atoms with Crippen molar-refractivity contribution in [3.8, 4) is 0 Å². The predicted molar refractivity (Wildman–Crippen MR) is 76.0 cm³/mol. The maximum Gasteiger partial charge on any atom is 0.274 e. The highest BCUT2D eigenvalue weighted by Crippen LogP contribution is 2.19. The molecule has 0 saturated carbocycles. The van der Waals surface area contributed by atoms with Crippen LogP contribution >= 0.6 is 0 Å². The summed E-state index contributed by atoms with van der Waals surface area (Å²) in [5, 5.41) is 8.19. The zero-order chi connectivity index (χ0) is 14.6. The minimum atomic E-state index is -3.64. The lowest BCUT2D eigenvalue weighted by atomic mass is 9.96. The lowest BCUT2D eigenvalue weighted by Gasteiger charge is -2.33. The Morgan fingerprint density at radius 2 is 2.15 bits per heavy atom. The summed E-state index contributed by atoms with van der Waals surface area (Å²) in [6, 6.07) is 0. The molecule has 116 valence electrons. The molecule has 2 aliphatic heterocycles. The van der Waals surface area contributed by atoms with Crippen molar-refractivity contribution in [2.75, 3.05) is 32.7 Å². The molecule has 2 rings (SSSR count). The van der Waals surface area contributed by atoms with Crippen molar-refractivity contribution < 1.29 is 13.2 Å². The Morgan fingerprint density at radius 1 is 1.35 bits per heavy atom. The Bertz CT molecular complexity index is 434. The van der Waals surface area contributed by atoms with E-state index in [1.807, 2.05) is 4.90 Å². The number of likely N-dealkylation sites (tertiary alicyclic amines) is 1. The van der Waals surface area contributed by atoms with Gasteiger partial charge in [-0.1, -0.05) is 0 Å². The molecule has 2 atom stereocenters. The Morgan fingerprint density at radius 3 is 2.80 bits per heavy atom. The molecule has 0 spiro atoms. The van der Waals surface area contributed by atoms with E-state index in [0.29, 0.717) is 25.4 Å². The van der Waals surface area contributed by atoms with Crippen molar-refractivity contribution in [1.82, 2.24) is 14.9 Å². The van der Waals surface area contributed by atoms with E-state index in [1.165, 1.54) is 0 Å². The number of carbonyl (C=O) groups excluding carboxylic acids is 1. The van der Waals surface area contributed by atoms with Crippen molar-refractivity contribution in [3.05, 3.63) is 0 Å². The standard InChI is InChI=1S/C12H24N4O3S/c13-20(18,19)15-8-11-2-1-5-16(9-11)12(17)6-10-3-4-14-7-10/h10-11,14-15H,1-9H2,(H2,13,18,19). The van der Waals surface area contributed by atoms with Gasteiger partial charge in [-0.3, -0.25) is 4.79 Å². The second-order valence-corrected chi connectivity index (χ2v) is 7.18. The summed E-state index contributed by atoms with van der Waals surface area (Å²) in [5.41, 5.74) is 0. The fraction of sp³-hybridized carbons (Fsp3) is 0.917. The van der Waals surface area contributed by atoms with Crippen LogP contribution in [0.25, 0.3) is 0 Å². The number of nitrogens with zero attached hydrogens (tertiary/aromatic N) is 1.